The number of Topliss-reactive ketones (excluding diaryl/α,β-unsaturated/α-hetero) is 1. The SMILES string of the molecule is Cc1cccc(Nc2ncnc3ccc(CC(=O)c4ncn5c(=O)n(CCCl)nnc45)cc23)c1. The van der Waals surface area contributed by atoms with Gasteiger partial charge in [0.2, 0.25) is 0 Å². The van der Waals surface area contributed by atoms with E-state index < -0.39 is 5.69 Å². The second-order valence-corrected chi connectivity index (χ2v) is 8.12. The highest BCUT2D eigenvalue weighted by Gasteiger charge is 2.18. The van der Waals surface area contributed by atoms with E-state index in [1.807, 2.05) is 49.4 Å². The maximum absolute atomic E-state index is 13.0. The van der Waals surface area contributed by atoms with Gasteiger partial charge >= 0.3 is 5.69 Å². The quantitative estimate of drug-likeness (QED) is 0.282. The van der Waals surface area contributed by atoms with Crippen molar-refractivity contribution in [2.24, 2.45) is 0 Å². The van der Waals surface area contributed by atoms with Crippen molar-refractivity contribution < 1.29 is 4.79 Å². The molecule has 5 aromatic rings. The van der Waals surface area contributed by atoms with Gasteiger partial charge in [0.25, 0.3) is 0 Å². The zero-order chi connectivity index (χ0) is 23.7. The molecule has 0 amide bonds. The van der Waals surface area contributed by atoms with E-state index in [1.165, 1.54) is 17.1 Å². The van der Waals surface area contributed by atoms with Crippen molar-refractivity contribution in [2.45, 2.75) is 19.9 Å². The van der Waals surface area contributed by atoms with E-state index in [4.69, 9.17) is 11.6 Å². The zero-order valence-corrected chi connectivity index (χ0v) is 18.9. The van der Waals surface area contributed by atoms with Gasteiger partial charge < -0.3 is 5.32 Å². The van der Waals surface area contributed by atoms with Crippen molar-refractivity contribution in [3.63, 3.8) is 0 Å². The number of aryl methyl sites for hydroxylation is 2. The molecule has 2 aromatic carbocycles. The van der Waals surface area contributed by atoms with Crippen LogP contribution in [0, 0.1) is 6.92 Å². The lowest BCUT2D eigenvalue weighted by molar-refractivity contribution is 0.0990. The van der Waals surface area contributed by atoms with E-state index in [-0.39, 0.29) is 36.0 Å². The highest BCUT2D eigenvalue weighted by Crippen LogP contribution is 2.25. The summed E-state index contributed by atoms with van der Waals surface area (Å²) in [4.78, 5) is 38.3. The first-order valence-corrected chi connectivity index (χ1v) is 11.0. The van der Waals surface area contributed by atoms with Crippen LogP contribution in [0.25, 0.3) is 16.6 Å². The minimum absolute atomic E-state index is 0.0633. The Kier molecular flexibility index (Phi) is 5.72. The average molecular weight is 475 g/mol. The molecule has 0 saturated heterocycles. The van der Waals surface area contributed by atoms with Crippen LogP contribution in [-0.4, -0.2) is 46.0 Å². The highest BCUT2D eigenvalue weighted by molar-refractivity contribution is 6.17. The molecular weight excluding hydrogens is 456 g/mol. The Hall–Kier alpha value is -4.18. The molecule has 0 bridgehead atoms. The number of nitrogens with one attached hydrogen (secondary N) is 1. The largest absolute Gasteiger partial charge is 0.353 e. The normalized spacial score (nSPS) is 11.2. The number of carbonyl (C=O) groups excluding carboxylic acids is 1. The number of imidazole rings is 1. The van der Waals surface area contributed by atoms with Gasteiger partial charge in [-0.15, -0.1) is 16.7 Å². The molecule has 170 valence electrons. The summed E-state index contributed by atoms with van der Waals surface area (Å²) in [6.07, 6.45) is 2.84. The molecule has 3 aromatic heterocycles. The maximum Gasteiger partial charge on any atom is 0.353 e. The van der Waals surface area contributed by atoms with Crippen LogP contribution in [0.1, 0.15) is 21.6 Å². The maximum atomic E-state index is 13.0. The predicted octanol–water partition coefficient (Wildman–Crippen LogP) is 2.95. The van der Waals surface area contributed by atoms with Gasteiger partial charge in [-0.3, -0.25) is 4.79 Å². The third kappa shape index (κ3) is 4.11. The van der Waals surface area contributed by atoms with E-state index in [0.29, 0.717) is 5.82 Å². The van der Waals surface area contributed by atoms with E-state index in [1.54, 1.807) is 0 Å². The summed E-state index contributed by atoms with van der Waals surface area (Å²) >= 11 is 5.69. The van der Waals surface area contributed by atoms with Crippen LogP contribution in [0.2, 0.25) is 0 Å². The fourth-order valence-corrected chi connectivity index (χ4v) is 3.86. The van der Waals surface area contributed by atoms with Gasteiger partial charge in [0.15, 0.2) is 17.1 Å². The van der Waals surface area contributed by atoms with Gasteiger partial charge in [-0.05, 0) is 42.3 Å². The number of hydrogen-bond acceptors (Lipinski definition) is 8. The molecule has 10 nitrogen and oxygen atoms in total. The zero-order valence-electron chi connectivity index (χ0n) is 18.1. The Morgan fingerprint density at radius 1 is 1.12 bits per heavy atom. The number of rotatable bonds is 7. The van der Waals surface area contributed by atoms with Gasteiger partial charge in [0, 0.05) is 23.4 Å². The molecule has 0 fully saturated rings. The smallest absolute Gasteiger partial charge is 0.340 e. The fraction of sp³-hybridized carbons (Fsp3) is 0.174. The summed E-state index contributed by atoms with van der Waals surface area (Å²) in [5, 5.41) is 12.0. The second kappa shape index (κ2) is 8.99. The molecule has 0 unspecified atom stereocenters. The van der Waals surface area contributed by atoms with Gasteiger partial charge in [0.05, 0.1) is 12.1 Å². The number of ketones is 1. The third-order valence-corrected chi connectivity index (χ3v) is 5.49. The highest BCUT2D eigenvalue weighted by atomic mass is 35.5. The van der Waals surface area contributed by atoms with Crippen LogP contribution >= 0.6 is 11.6 Å². The van der Waals surface area contributed by atoms with Crippen LogP contribution in [0.3, 0.4) is 0 Å². The number of carbonyl (C=O) groups is 1. The predicted molar refractivity (Wildman–Crippen MR) is 128 cm³/mol. The Morgan fingerprint density at radius 2 is 2.00 bits per heavy atom. The Balaban J connectivity index is 1.45. The van der Waals surface area contributed by atoms with E-state index in [9.17, 15) is 9.59 Å². The molecule has 11 heteroatoms. The summed E-state index contributed by atoms with van der Waals surface area (Å²) in [7, 11) is 0. The number of anilines is 2. The van der Waals surface area contributed by atoms with Crippen LogP contribution in [0.15, 0.2) is 59.9 Å². The molecule has 0 aliphatic heterocycles. The monoisotopic (exact) mass is 474 g/mol. The fourth-order valence-electron chi connectivity index (χ4n) is 3.70. The van der Waals surface area contributed by atoms with Crippen LogP contribution in [0.5, 0.6) is 0 Å². The number of fused-ring (bicyclic) bond motifs is 2. The minimum Gasteiger partial charge on any atom is -0.340 e. The van der Waals surface area contributed by atoms with E-state index >= 15 is 0 Å². The van der Waals surface area contributed by atoms with Gasteiger partial charge in [-0.2, -0.15) is 4.68 Å². The molecule has 0 aliphatic rings. The first kappa shape index (κ1) is 21.7. The van der Waals surface area contributed by atoms with E-state index in [2.05, 4.69) is 30.6 Å². The summed E-state index contributed by atoms with van der Waals surface area (Å²) in [5.74, 6) is 0.575. The average Bonchev–Trinajstić information content (AvgIpc) is 3.27. The molecule has 0 saturated carbocycles. The number of hydrogen-bond donors (Lipinski definition) is 1. The Morgan fingerprint density at radius 3 is 2.82 bits per heavy atom. The molecule has 0 aliphatic carbocycles. The lowest BCUT2D eigenvalue weighted by atomic mass is 10.0. The Bertz CT molecular complexity index is 1590. The molecular formula is C23H19ClN8O2. The topological polar surface area (TPSA) is 120 Å². The molecule has 1 N–H and O–H groups in total. The number of aromatic nitrogens is 7. The third-order valence-electron chi connectivity index (χ3n) is 5.32. The first-order chi connectivity index (χ1) is 16.5. The van der Waals surface area contributed by atoms with Crippen molar-refractivity contribution in [1.29, 1.82) is 0 Å². The molecule has 0 radical (unpaired) electrons. The number of nitrogens with zero attached hydrogens (tertiary/aromatic N) is 7. The Labute approximate surface area is 198 Å². The van der Waals surface area contributed by atoms with Crippen molar-refractivity contribution >= 4 is 45.4 Å². The van der Waals surface area contributed by atoms with E-state index in [0.717, 1.165) is 32.4 Å². The van der Waals surface area contributed by atoms with Crippen molar-refractivity contribution in [3.05, 3.63) is 82.4 Å². The van der Waals surface area contributed by atoms with Crippen molar-refractivity contribution in [1.82, 2.24) is 34.3 Å². The summed E-state index contributed by atoms with van der Waals surface area (Å²) < 4.78 is 2.33. The molecule has 3 heterocycles. The summed E-state index contributed by atoms with van der Waals surface area (Å²) in [5.41, 5.74) is 3.29. The molecule has 5 rings (SSSR count). The van der Waals surface area contributed by atoms with Gasteiger partial charge in [-0.1, -0.05) is 23.4 Å². The lowest BCUT2D eigenvalue weighted by Crippen LogP contribution is -2.30. The summed E-state index contributed by atoms with van der Waals surface area (Å²) in [6, 6.07) is 13.5. The first-order valence-electron chi connectivity index (χ1n) is 10.5. The van der Waals surface area contributed by atoms with Crippen LogP contribution in [0.4, 0.5) is 11.5 Å². The molecule has 0 atom stereocenters. The van der Waals surface area contributed by atoms with Gasteiger partial charge in [-0.25, -0.2) is 24.1 Å². The number of benzene rings is 2. The standard InChI is InChI=1S/C23H19ClN8O2/c1-14-3-2-4-16(9-14)28-21-17-10-15(5-6-18(17)25-12-26-21)11-19(33)20-22-29-30-32(8-7-24)23(34)31(22)13-27-20/h2-6,9-10,12-13H,7-8,11H2,1H3,(H,25,26,28). The molecule has 0 spiro atoms. The lowest BCUT2D eigenvalue weighted by Gasteiger charge is -2.10. The molecule has 34 heavy (non-hydrogen) atoms. The second-order valence-electron chi connectivity index (χ2n) is 7.74. The van der Waals surface area contributed by atoms with Gasteiger partial charge in [0.1, 0.15) is 18.5 Å². The van der Waals surface area contributed by atoms with Crippen molar-refractivity contribution in [3.8, 4) is 0 Å². The van der Waals surface area contributed by atoms with Crippen molar-refractivity contribution in [2.75, 3.05) is 11.2 Å². The summed E-state index contributed by atoms with van der Waals surface area (Å²) in [6.45, 7) is 2.23. The minimum atomic E-state index is -0.452. The number of halogens is 1. The van der Waals surface area contributed by atoms with Crippen LogP contribution in [-0.2, 0) is 13.0 Å². The van der Waals surface area contributed by atoms with Crippen LogP contribution < -0.4 is 11.0 Å². The number of alkyl halides is 1.